The molecule has 0 unspecified atom stereocenters. The first-order valence-corrected chi connectivity index (χ1v) is 22.2. The van der Waals surface area contributed by atoms with Gasteiger partial charge in [0, 0.05) is 38.8 Å². The molecule has 0 saturated heterocycles. The zero-order valence-corrected chi connectivity index (χ0v) is 36.1. The summed E-state index contributed by atoms with van der Waals surface area (Å²) >= 11 is 0. The lowest BCUT2D eigenvalue weighted by Gasteiger charge is -2.46. The average molecular weight is 834 g/mol. The van der Waals surface area contributed by atoms with E-state index < -0.39 is 5.41 Å². The number of hydrogen-bond donors (Lipinski definition) is 0. The Morgan fingerprint density at radius 3 is 1.45 bits per heavy atom. The molecular weight excluding hydrogens is 791 g/mol. The molecule has 0 N–H and O–H groups in total. The summed E-state index contributed by atoms with van der Waals surface area (Å²) in [6, 6.07) is 80.6. The number of aryl methyl sites for hydroxylation is 2. The third-order valence-electron chi connectivity index (χ3n) is 13.1. The molecule has 1 aliphatic heterocycles. The molecule has 1 aliphatic rings. The van der Waals surface area contributed by atoms with Crippen LogP contribution < -0.4 is 4.90 Å². The first kappa shape index (κ1) is 38.3. The van der Waals surface area contributed by atoms with Gasteiger partial charge >= 0.3 is 0 Å². The molecule has 0 bridgehead atoms. The summed E-state index contributed by atoms with van der Waals surface area (Å²) in [5.74, 6) is 1.96. The Balaban J connectivity index is 1.07. The maximum Gasteiger partial charge on any atom is 0.164 e. The molecule has 65 heavy (non-hydrogen) atoms. The van der Waals surface area contributed by atoms with E-state index in [4.69, 9.17) is 15.0 Å². The van der Waals surface area contributed by atoms with E-state index in [0.29, 0.717) is 17.5 Å². The quantitative estimate of drug-likeness (QED) is 0.160. The van der Waals surface area contributed by atoms with Gasteiger partial charge in [0.25, 0.3) is 0 Å². The van der Waals surface area contributed by atoms with Crippen LogP contribution in [0, 0.1) is 13.8 Å². The summed E-state index contributed by atoms with van der Waals surface area (Å²) in [5, 5.41) is 2.45. The summed E-state index contributed by atoms with van der Waals surface area (Å²) in [7, 11) is 0. The second kappa shape index (κ2) is 15.4. The third kappa shape index (κ3) is 6.11. The lowest BCUT2D eigenvalue weighted by atomic mass is 9.62. The molecule has 2 aromatic heterocycles. The number of anilines is 3. The summed E-state index contributed by atoms with van der Waals surface area (Å²) in [5.41, 5.74) is 16.1. The fraction of sp³-hybridized carbons (Fsp3) is 0.0500. The van der Waals surface area contributed by atoms with Crippen molar-refractivity contribution in [1.82, 2.24) is 19.5 Å². The van der Waals surface area contributed by atoms with Crippen LogP contribution in [0.15, 0.2) is 224 Å². The van der Waals surface area contributed by atoms with Gasteiger partial charge in [0.15, 0.2) is 17.5 Å². The highest BCUT2D eigenvalue weighted by molar-refractivity contribution is 6.10. The van der Waals surface area contributed by atoms with Crippen LogP contribution in [0.25, 0.3) is 61.7 Å². The minimum atomic E-state index is -0.647. The molecule has 3 heterocycles. The minimum Gasteiger partial charge on any atom is -0.310 e. The maximum atomic E-state index is 5.14. The van der Waals surface area contributed by atoms with Crippen LogP contribution in [0.4, 0.5) is 17.1 Å². The van der Waals surface area contributed by atoms with Gasteiger partial charge in [-0.3, -0.25) is 0 Å². The van der Waals surface area contributed by atoms with E-state index in [0.717, 1.165) is 50.6 Å². The summed E-state index contributed by atoms with van der Waals surface area (Å²) in [6.45, 7) is 4.36. The van der Waals surface area contributed by atoms with Gasteiger partial charge in [0.05, 0.1) is 27.8 Å². The fourth-order valence-electron chi connectivity index (χ4n) is 10.4. The monoisotopic (exact) mass is 833 g/mol. The van der Waals surface area contributed by atoms with Crippen molar-refractivity contribution in [2.45, 2.75) is 19.3 Å². The topological polar surface area (TPSA) is 46.8 Å². The summed E-state index contributed by atoms with van der Waals surface area (Å²) in [6.07, 6.45) is 0. The highest BCUT2D eigenvalue weighted by Crippen LogP contribution is 2.58. The van der Waals surface area contributed by atoms with Gasteiger partial charge < -0.3 is 9.47 Å². The molecule has 11 aromatic rings. The molecule has 0 atom stereocenters. The molecule has 0 aliphatic carbocycles. The maximum absolute atomic E-state index is 5.14. The first-order chi connectivity index (χ1) is 32.1. The summed E-state index contributed by atoms with van der Waals surface area (Å²) < 4.78 is 2.39. The molecule has 0 radical (unpaired) electrons. The van der Waals surface area contributed by atoms with E-state index in [9.17, 15) is 0 Å². The number of hydrogen-bond acceptors (Lipinski definition) is 4. The van der Waals surface area contributed by atoms with Crippen LogP contribution in [0.3, 0.4) is 0 Å². The molecule has 0 spiro atoms. The van der Waals surface area contributed by atoms with Crippen molar-refractivity contribution >= 4 is 38.9 Å². The molecule has 5 nitrogen and oxygen atoms in total. The number of rotatable bonds is 7. The highest BCUT2D eigenvalue weighted by Gasteiger charge is 2.46. The lowest BCUT2D eigenvalue weighted by Crippen LogP contribution is -2.37. The number of fused-ring (bicyclic) bond motifs is 5. The van der Waals surface area contributed by atoms with Gasteiger partial charge in [-0.05, 0) is 102 Å². The van der Waals surface area contributed by atoms with Gasteiger partial charge in [0.2, 0.25) is 0 Å². The smallest absolute Gasteiger partial charge is 0.164 e. The average Bonchev–Trinajstić information content (AvgIpc) is 3.70. The number of aromatic nitrogens is 4. The largest absolute Gasteiger partial charge is 0.310 e. The van der Waals surface area contributed by atoms with Crippen molar-refractivity contribution in [2.75, 3.05) is 4.90 Å². The first-order valence-electron chi connectivity index (χ1n) is 22.2. The number of benzene rings is 9. The van der Waals surface area contributed by atoms with Crippen LogP contribution in [0.1, 0.15) is 33.4 Å². The van der Waals surface area contributed by atoms with Gasteiger partial charge in [-0.25, -0.2) is 15.0 Å². The van der Waals surface area contributed by atoms with E-state index >= 15 is 0 Å². The molecule has 5 heteroatoms. The fourth-order valence-corrected chi connectivity index (χ4v) is 10.4. The number of nitrogens with zero attached hydrogens (tertiary/aromatic N) is 5. The van der Waals surface area contributed by atoms with Crippen molar-refractivity contribution in [1.29, 1.82) is 0 Å². The zero-order valence-electron chi connectivity index (χ0n) is 36.1. The minimum absolute atomic E-state index is 0.647. The van der Waals surface area contributed by atoms with Crippen molar-refractivity contribution < 1.29 is 0 Å². The van der Waals surface area contributed by atoms with E-state index in [-0.39, 0.29) is 0 Å². The van der Waals surface area contributed by atoms with Gasteiger partial charge in [-0.15, -0.1) is 0 Å². The Morgan fingerprint density at radius 1 is 0.369 bits per heavy atom. The normalized spacial score (nSPS) is 12.9. The molecule has 308 valence electrons. The highest BCUT2D eigenvalue weighted by atomic mass is 15.2. The van der Waals surface area contributed by atoms with E-state index in [1.54, 1.807) is 0 Å². The van der Waals surface area contributed by atoms with Crippen molar-refractivity contribution in [3.63, 3.8) is 0 Å². The van der Waals surface area contributed by atoms with Crippen molar-refractivity contribution in [3.05, 3.63) is 258 Å². The molecule has 0 saturated carbocycles. The standard InChI is InChI=1S/C60H43N5/c1-40-37-47(38-41(2)56(40)59-62-57(42-21-7-3-8-22-42)61-58(63-59)43-23-9-4-10-24-43)65-54-33-19-16-30-50(54)60(44-25-11-5-12-26-44,51-31-17-20-34-55(51)65)45-35-36-53-49(39-45)48-29-15-18-32-52(48)64(53)46-27-13-6-14-28-46/h3-39H,1-2H3. The summed E-state index contributed by atoms with van der Waals surface area (Å²) in [4.78, 5) is 17.7. The van der Waals surface area contributed by atoms with Crippen LogP contribution in [0.2, 0.25) is 0 Å². The molecule has 12 rings (SSSR count). The predicted molar refractivity (Wildman–Crippen MR) is 266 cm³/mol. The van der Waals surface area contributed by atoms with E-state index in [2.05, 4.69) is 211 Å². The van der Waals surface area contributed by atoms with Crippen molar-refractivity contribution in [2.24, 2.45) is 0 Å². The van der Waals surface area contributed by atoms with Crippen LogP contribution in [-0.4, -0.2) is 19.5 Å². The Morgan fingerprint density at radius 2 is 0.846 bits per heavy atom. The molecule has 9 aromatic carbocycles. The Labute approximate surface area is 378 Å². The number of para-hydroxylation sites is 4. The Hall–Kier alpha value is -8.41. The molecule has 0 amide bonds. The van der Waals surface area contributed by atoms with Gasteiger partial charge in [-0.2, -0.15) is 0 Å². The van der Waals surface area contributed by atoms with E-state index in [1.807, 2.05) is 36.4 Å². The van der Waals surface area contributed by atoms with Crippen LogP contribution in [0.5, 0.6) is 0 Å². The Bertz CT molecular complexity index is 3430. The van der Waals surface area contributed by atoms with Gasteiger partial charge in [-0.1, -0.05) is 170 Å². The van der Waals surface area contributed by atoms with Crippen LogP contribution >= 0.6 is 0 Å². The lowest BCUT2D eigenvalue weighted by molar-refractivity contribution is 0.732. The van der Waals surface area contributed by atoms with Gasteiger partial charge in [0.1, 0.15) is 0 Å². The predicted octanol–water partition coefficient (Wildman–Crippen LogP) is 14.8. The Kier molecular flexibility index (Phi) is 9.09. The third-order valence-corrected chi connectivity index (χ3v) is 13.1. The SMILES string of the molecule is Cc1cc(N2c3ccccc3C(c3ccccc3)(c3ccc4c(c3)c3ccccc3n4-c3ccccc3)c3ccccc32)cc(C)c1-c1nc(-c2ccccc2)nc(-c2ccccc2)n1. The van der Waals surface area contributed by atoms with E-state index in [1.165, 1.54) is 44.1 Å². The second-order valence-corrected chi connectivity index (χ2v) is 16.9. The molecule has 0 fully saturated rings. The van der Waals surface area contributed by atoms with Crippen molar-refractivity contribution in [3.8, 4) is 39.9 Å². The molecular formula is C60H43N5. The zero-order chi connectivity index (χ0) is 43.5. The second-order valence-electron chi connectivity index (χ2n) is 16.9. The van der Waals surface area contributed by atoms with Crippen LogP contribution in [-0.2, 0) is 5.41 Å².